The molecule has 26 heavy (non-hydrogen) atoms. The first-order valence-corrected chi connectivity index (χ1v) is 8.05. The highest BCUT2D eigenvalue weighted by molar-refractivity contribution is 6.05. The second-order valence-electron chi connectivity index (χ2n) is 7.00. The number of Topliss-reactive ketones (excluding diaryl/α,β-unsaturated/α-hetero) is 1. The molecule has 0 atom stereocenters. The maximum absolute atomic E-state index is 12.3. The molecule has 1 aliphatic rings. The van der Waals surface area contributed by atoms with E-state index >= 15 is 0 Å². The van der Waals surface area contributed by atoms with Gasteiger partial charge in [-0.2, -0.15) is 0 Å². The summed E-state index contributed by atoms with van der Waals surface area (Å²) in [4.78, 5) is 23.9. The van der Waals surface area contributed by atoms with Crippen molar-refractivity contribution in [3.63, 3.8) is 0 Å². The molecule has 0 saturated carbocycles. The number of nitrogens with zero attached hydrogens (tertiary/aromatic N) is 4. The van der Waals surface area contributed by atoms with E-state index < -0.39 is 5.91 Å². The molecule has 3 rings (SSSR count). The number of azo groups is 1. The van der Waals surface area contributed by atoms with Crippen LogP contribution in [-0.4, -0.2) is 26.6 Å². The second-order valence-corrected chi connectivity index (χ2v) is 7.00. The number of aliphatic hydroxyl groups excluding tert-OH is 1. The fourth-order valence-corrected chi connectivity index (χ4v) is 2.58. The fourth-order valence-electron chi connectivity index (χ4n) is 2.58. The highest BCUT2D eigenvalue weighted by Gasteiger charge is 2.26. The number of aromatic nitrogens is 2. The number of primary amides is 1. The van der Waals surface area contributed by atoms with E-state index in [9.17, 15) is 14.7 Å². The lowest BCUT2D eigenvalue weighted by atomic mass is 9.93. The topological polar surface area (TPSA) is 123 Å². The van der Waals surface area contributed by atoms with Gasteiger partial charge in [-0.15, -0.1) is 15.3 Å². The number of allylic oxidation sites excluding steroid dienone is 1. The summed E-state index contributed by atoms with van der Waals surface area (Å²) in [7, 11) is 0. The van der Waals surface area contributed by atoms with Gasteiger partial charge in [-0.05, 0) is 26.3 Å². The van der Waals surface area contributed by atoms with Crippen LogP contribution in [0.4, 0.5) is 5.82 Å². The van der Waals surface area contributed by atoms with Gasteiger partial charge in [0.1, 0.15) is 5.56 Å². The Hall–Kier alpha value is -3.29. The van der Waals surface area contributed by atoms with Crippen molar-refractivity contribution in [2.45, 2.75) is 32.7 Å². The number of benzene rings is 1. The molecule has 8 nitrogen and oxygen atoms in total. The number of amides is 1. The van der Waals surface area contributed by atoms with Crippen LogP contribution in [0.1, 0.15) is 42.3 Å². The number of carbonyl (C=O) groups is 2. The number of fused-ring (bicyclic) bond motifs is 1. The molecular formula is C18H19N5O3. The number of nitrogens with two attached hydrogens (primary N) is 1. The van der Waals surface area contributed by atoms with E-state index in [1.54, 1.807) is 28.9 Å². The minimum atomic E-state index is -0.701. The van der Waals surface area contributed by atoms with Gasteiger partial charge in [-0.25, -0.2) is 0 Å². The van der Waals surface area contributed by atoms with E-state index in [4.69, 9.17) is 5.73 Å². The SMILES string of the molecule is CC(C)(C)n1cc(C(N)=O)c(N=NC2=C(O)c3ccccc3CC2=O)n1. The van der Waals surface area contributed by atoms with E-state index in [1.165, 1.54) is 6.20 Å². The highest BCUT2D eigenvalue weighted by Crippen LogP contribution is 2.29. The minimum absolute atomic E-state index is 0.000571. The van der Waals surface area contributed by atoms with E-state index in [2.05, 4.69) is 15.3 Å². The van der Waals surface area contributed by atoms with Crippen LogP contribution in [-0.2, 0) is 16.8 Å². The molecule has 134 valence electrons. The Bertz CT molecular complexity index is 963. The summed E-state index contributed by atoms with van der Waals surface area (Å²) in [6.45, 7) is 5.71. The van der Waals surface area contributed by atoms with E-state index in [-0.39, 0.29) is 40.6 Å². The molecule has 0 spiro atoms. The Morgan fingerprint density at radius 2 is 1.96 bits per heavy atom. The lowest BCUT2D eigenvalue weighted by Crippen LogP contribution is -2.22. The molecule has 1 amide bonds. The second kappa shape index (κ2) is 6.21. The summed E-state index contributed by atoms with van der Waals surface area (Å²) >= 11 is 0. The van der Waals surface area contributed by atoms with E-state index in [0.717, 1.165) is 5.56 Å². The van der Waals surface area contributed by atoms with Gasteiger partial charge in [0.05, 0.1) is 5.54 Å². The number of hydrogen-bond donors (Lipinski definition) is 2. The normalized spacial score (nSPS) is 14.8. The van der Waals surface area contributed by atoms with Crippen LogP contribution in [0, 0.1) is 0 Å². The molecule has 0 saturated heterocycles. The lowest BCUT2D eigenvalue weighted by Gasteiger charge is -2.18. The summed E-state index contributed by atoms with van der Waals surface area (Å²) in [6.07, 6.45) is 1.61. The van der Waals surface area contributed by atoms with E-state index in [0.29, 0.717) is 5.56 Å². The average Bonchev–Trinajstić information content (AvgIpc) is 2.99. The summed E-state index contributed by atoms with van der Waals surface area (Å²) in [5, 5.41) is 22.4. The maximum atomic E-state index is 12.3. The van der Waals surface area contributed by atoms with Crippen molar-refractivity contribution >= 4 is 23.3 Å². The molecule has 3 N–H and O–H groups in total. The summed E-state index contributed by atoms with van der Waals surface area (Å²) in [6, 6.07) is 7.03. The number of rotatable bonds is 3. The van der Waals surface area contributed by atoms with Crippen molar-refractivity contribution < 1.29 is 14.7 Å². The van der Waals surface area contributed by atoms with Crippen molar-refractivity contribution in [1.29, 1.82) is 0 Å². The molecule has 2 aromatic rings. The summed E-state index contributed by atoms with van der Waals surface area (Å²) in [5.74, 6) is -1.30. The zero-order chi connectivity index (χ0) is 19.1. The number of carbonyl (C=O) groups excluding carboxylic acids is 2. The fraction of sp³-hybridized carbons (Fsp3) is 0.278. The predicted molar refractivity (Wildman–Crippen MR) is 95.0 cm³/mol. The summed E-state index contributed by atoms with van der Waals surface area (Å²) in [5.41, 5.74) is 6.18. The Balaban J connectivity index is 2.04. The van der Waals surface area contributed by atoms with Crippen LogP contribution < -0.4 is 5.73 Å². The number of ketones is 1. The molecular weight excluding hydrogens is 334 g/mol. The predicted octanol–water partition coefficient (Wildman–Crippen LogP) is 2.87. The van der Waals surface area contributed by atoms with Gasteiger partial charge >= 0.3 is 0 Å². The van der Waals surface area contributed by atoms with Gasteiger partial charge < -0.3 is 10.8 Å². The third-order valence-electron chi connectivity index (χ3n) is 4.00. The third-order valence-corrected chi connectivity index (χ3v) is 4.00. The molecule has 1 aromatic heterocycles. The van der Waals surface area contributed by atoms with Crippen molar-refractivity contribution in [3.05, 3.63) is 52.8 Å². The van der Waals surface area contributed by atoms with Gasteiger partial charge in [-0.1, -0.05) is 24.3 Å². The average molecular weight is 353 g/mol. The largest absolute Gasteiger partial charge is 0.505 e. The Morgan fingerprint density at radius 3 is 2.62 bits per heavy atom. The molecule has 8 heteroatoms. The molecule has 1 aromatic carbocycles. The molecule has 0 fully saturated rings. The zero-order valence-corrected chi connectivity index (χ0v) is 14.7. The molecule has 0 unspecified atom stereocenters. The van der Waals surface area contributed by atoms with Crippen molar-refractivity contribution in [3.8, 4) is 0 Å². The van der Waals surface area contributed by atoms with Crippen LogP contribution in [0.25, 0.3) is 5.76 Å². The summed E-state index contributed by atoms with van der Waals surface area (Å²) < 4.78 is 1.55. The van der Waals surface area contributed by atoms with Crippen molar-refractivity contribution in [2.24, 2.45) is 16.0 Å². The standard InChI is InChI=1S/C18H19N5O3/c1-18(2,3)23-9-12(16(19)26)17(22-23)21-20-14-13(24)8-10-6-4-5-7-11(10)15(14)25/h4-7,9,25H,8H2,1-3H3,(H2,19,26). The van der Waals surface area contributed by atoms with Crippen LogP contribution in [0.2, 0.25) is 0 Å². The van der Waals surface area contributed by atoms with Gasteiger partial charge in [0.25, 0.3) is 5.91 Å². The quantitative estimate of drug-likeness (QED) is 0.823. The van der Waals surface area contributed by atoms with Gasteiger partial charge in [-0.3, -0.25) is 14.3 Å². The van der Waals surface area contributed by atoms with Gasteiger partial charge in [0, 0.05) is 18.2 Å². The number of aliphatic hydroxyl groups is 1. The van der Waals surface area contributed by atoms with Crippen molar-refractivity contribution in [1.82, 2.24) is 9.78 Å². The highest BCUT2D eigenvalue weighted by atomic mass is 16.3. The van der Waals surface area contributed by atoms with Crippen LogP contribution in [0.3, 0.4) is 0 Å². The number of hydrogen-bond acceptors (Lipinski definition) is 6. The monoisotopic (exact) mass is 353 g/mol. The van der Waals surface area contributed by atoms with Gasteiger partial charge in [0.15, 0.2) is 17.2 Å². The lowest BCUT2D eigenvalue weighted by molar-refractivity contribution is -0.115. The molecule has 0 radical (unpaired) electrons. The first kappa shape index (κ1) is 17.5. The van der Waals surface area contributed by atoms with Crippen LogP contribution in [0.5, 0.6) is 0 Å². The van der Waals surface area contributed by atoms with Crippen LogP contribution >= 0.6 is 0 Å². The molecule has 1 heterocycles. The molecule has 1 aliphatic carbocycles. The first-order chi connectivity index (χ1) is 12.2. The third kappa shape index (κ3) is 3.13. The van der Waals surface area contributed by atoms with E-state index in [1.807, 2.05) is 20.8 Å². The first-order valence-electron chi connectivity index (χ1n) is 8.05. The van der Waals surface area contributed by atoms with Crippen LogP contribution in [0.15, 0.2) is 46.4 Å². The smallest absolute Gasteiger partial charge is 0.254 e. The van der Waals surface area contributed by atoms with Gasteiger partial charge in [0.2, 0.25) is 5.82 Å². The van der Waals surface area contributed by atoms with Crippen molar-refractivity contribution in [2.75, 3.05) is 0 Å². The minimum Gasteiger partial charge on any atom is -0.505 e. The molecule has 0 bridgehead atoms. The Kier molecular flexibility index (Phi) is 4.19. The Morgan fingerprint density at radius 1 is 1.27 bits per heavy atom. The molecule has 0 aliphatic heterocycles. The zero-order valence-electron chi connectivity index (χ0n) is 14.7. The Labute approximate surface area is 150 Å². The maximum Gasteiger partial charge on any atom is 0.254 e.